The van der Waals surface area contributed by atoms with Crippen LogP contribution >= 0.6 is 0 Å². The molecular weight excluding hydrogens is 243 g/mol. The first kappa shape index (κ1) is 13.3. The minimum atomic E-state index is -1.06. The number of allylic oxidation sites excluding steroid dienone is 2. The third-order valence-corrected chi connectivity index (χ3v) is 2.63. The Balaban J connectivity index is 2.15. The van der Waals surface area contributed by atoms with Gasteiger partial charge in [-0.15, -0.1) is 0 Å². The summed E-state index contributed by atoms with van der Waals surface area (Å²) in [6.45, 7) is 2.24. The van der Waals surface area contributed by atoms with Gasteiger partial charge in [0.2, 0.25) is 0 Å². The van der Waals surface area contributed by atoms with E-state index in [2.05, 4.69) is 22.0 Å². The van der Waals surface area contributed by atoms with Crippen LogP contribution in [0.15, 0.2) is 41.2 Å². The van der Waals surface area contributed by atoms with Gasteiger partial charge < -0.3 is 4.84 Å². The van der Waals surface area contributed by atoms with E-state index in [9.17, 15) is 4.39 Å². The van der Waals surface area contributed by atoms with Crippen LogP contribution in [0.2, 0.25) is 0 Å². The normalized spacial score (nSPS) is 20.4. The van der Waals surface area contributed by atoms with Gasteiger partial charge in [-0.25, -0.2) is 9.37 Å². The zero-order valence-corrected chi connectivity index (χ0v) is 10.8. The average Bonchev–Trinajstić information content (AvgIpc) is 2.46. The summed E-state index contributed by atoms with van der Waals surface area (Å²) in [5, 5.41) is 3.77. The number of hydrogen-bond donors (Lipinski definition) is 0. The van der Waals surface area contributed by atoms with Crippen LogP contribution in [0.4, 0.5) is 4.39 Å². The fraction of sp³-hybridized carbons (Fsp3) is 0.333. The quantitative estimate of drug-likeness (QED) is 0.604. The molecule has 2 rings (SSSR count). The topological polar surface area (TPSA) is 34.5 Å². The minimum Gasteiger partial charge on any atom is -0.396 e. The second-order valence-corrected chi connectivity index (χ2v) is 4.07. The number of rotatable bonds is 2. The second-order valence-electron chi connectivity index (χ2n) is 4.07. The van der Waals surface area contributed by atoms with Gasteiger partial charge in [-0.1, -0.05) is 17.1 Å². The molecule has 0 spiro atoms. The Morgan fingerprint density at radius 2 is 2.37 bits per heavy atom. The lowest BCUT2D eigenvalue weighted by Gasteiger charge is -2.14. The molecule has 98 valence electrons. The minimum absolute atomic E-state index is 0.318. The van der Waals surface area contributed by atoms with E-state index in [1.165, 1.54) is 0 Å². The van der Waals surface area contributed by atoms with Crippen molar-refractivity contribution >= 4 is 5.71 Å². The van der Waals surface area contributed by atoms with Crippen LogP contribution in [0.25, 0.3) is 0 Å². The molecule has 0 saturated carbocycles. The first-order valence-corrected chi connectivity index (χ1v) is 6.27. The molecule has 1 aliphatic carbocycles. The molecular formula is C15H15FN2O. The Morgan fingerprint density at radius 3 is 3.11 bits per heavy atom. The molecule has 0 radical (unpaired) electrons. The molecule has 3 nitrogen and oxygen atoms in total. The van der Waals surface area contributed by atoms with Crippen molar-refractivity contribution in [2.45, 2.75) is 25.9 Å². The lowest BCUT2D eigenvalue weighted by Crippen LogP contribution is -2.18. The fourth-order valence-corrected chi connectivity index (χ4v) is 1.67. The maximum absolute atomic E-state index is 13.6. The number of pyridine rings is 1. The van der Waals surface area contributed by atoms with Crippen LogP contribution in [0.3, 0.4) is 0 Å². The Morgan fingerprint density at radius 1 is 1.47 bits per heavy atom. The molecule has 0 amide bonds. The monoisotopic (exact) mass is 258 g/mol. The third-order valence-electron chi connectivity index (χ3n) is 2.63. The summed E-state index contributed by atoms with van der Waals surface area (Å²) >= 11 is 0. The van der Waals surface area contributed by atoms with Crippen molar-refractivity contribution in [3.8, 4) is 11.8 Å². The van der Waals surface area contributed by atoms with Crippen molar-refractivity contribution in [3.05, 3.63) is 41.7 Å². The van der Waals surface area contributed by atoms with Crippen LogP contribution in [0, 0.1) is 11.8 Å². The number of halogens is 1. The molecule has 4 heteroatoms. The molecule has 1 aliphatic rings. The summed E-state index contributed by atoms with van der Waals surface area (Å²) in [6, 6.07) is 5.56. The molecule has 0 bridgehead atoms. The van der Waals surface area contributed by atoms with E-state index in [0.29, 0.717) is 30.9 Å². The summed E-state index contributed by atoms with van der Waals surface area (Å²) in [4.78, 5) is 9.01. The van der Waals surface area contributed by atoms with Crippen molar-refractivity contribution in [2.75, 3.05) is 6.61 Å². The van der Waals surface area contributed by atoms with Gasteiger partial charge in [-0.05, 0) is 43.9 Å². The molecule has 1 aromatic rings. The third kappa shape index (κ3) is 3.92. The zero-order valence-electron chi connectivity index (χ0n) is 10.8. The number of aromatic nitrogens is 1. The first-order chi connectivity index (χ1) is 9.29. The molecule has 1 atom stereocenters. The summed E-state index contributed by atoms with van der Waals surface area (Å²) in [7, 11) is 0. The van der Waals surface area contributed by atoms with Gasteiger partial charge in [0.25, 0.3) is 0 Å². The largest absolute Gasteiger partial charge is 0.396 e. The van der Waals surface area contributed by atoms with Crippen molar-refractivity contribution in [1.29, 1.82) is 0 Å². The van der Waals surface area contributed by atoms with Crippen molar-refractivity contribution in [2.24, 2.45) is 5.16 Å². The highest BCUT2D eigenvalue weighted by Gasteiger charge is 2.19. The predicted octanol–water partition coefficient (Wildman–Crippen LogP) is 2.88. The molecule has 1 aromatic heterocycles. The van der Waals surface area contributed by atoms with Crippen molar-refractivity contribution < 1.29 is 9.23 Å². The maximum Gasteiger partial charge on any atom is 0.146 e. The van der Waals surface area contributed by atoms with E-state index in [-0.39, 0.29) is 0 Å². The summed E-state index contributed by atoms with van der Waals surface area (Å²) in [5.41, 5.74) is 1.88. The van der Waals surface area contributed by atoms with Gasteiger partial charge in [0.05, 0.1) is 0 Å². The predicted molar refractivity (Wildman–Crippen MR) is 72.4 cm³/mol. The standard InChI is InChI=1S/C15H15FN2O/c1-2-19-18-15-11-12(7-9-14(15)16)6-8-13-5-3-4-10-17-13/h3-5,10-11,14H,2,7,9H2,1H3/b18-15-. The van der Waals surface area contributed by atoms with Gasteiger partial charge in [-0.2, -0.15) is 0 Å². The molecule has 0 aromatic carbocycles. The number of nitrogens with zero attached hydrogens (tertiary/aromatic N) is 2. The Kier molecular flexibility index (Phi) is 4.68. The summed E-state index contributed by atoms with van der Waals surface area (Å²) in [5.74, 6) is 5.97. The number of alkyl halides is 1. The molecule has 0 fully saturated rings. The van der Waals surface area contributed by atoms with Gasteiger partial charge in [0.1, 0.15) is 24.2 Å². The van der Waals surface area contributed by atoms with E-state index >= 15 is 0 Å². The molecule has 1 unspecified atom stereocenters. The van der Waals surface area contributed by atoms with E-state index in [0.717, 1.165) is 5.57 Å². The molecule has 0 aliphatic heterocycles. The van der Waals surface area contributed by atoms with Crippen LogP contribution in [-0.2, 0) is 4.84 Å². The van der Waals surface area contributed by atoms with Crippen molar-refractivity contribution in [3.63, 3.8) is 0 Å². The highest BCUT2D eigenvalue weighted by atomic mass is 19.1. The smallest absolute Gasteiger partial charge is 0.146 e. The number of oxime groups is 1. The Hall–Kier alpha value is -2.15. The van der Waals surface area contributed by atoms with Crippen molar-refractivity contribution in [1.82, 2.24) is 4.98 Å². The molecule has 0 N–H and O–H groups in total. The van der Waals surface area contributed by atoms with E-state index < -0.39 is 6.17 Å². The van der Waals surface area contributed by atoms with E-state index in [4.69, 9.17) is 4.84 Å². The van der Waals surface area contributed by atoms with Crippen LogP contribution < -0.4 is 0 Å². The van der Waals surface area contributed by atoms with Crippen LogP contribution in [-0.4, -0.2) is 23.5 Å². The lowest BCUT2D eigenvalue weighted by atomic mass is 9.97. The SMILES string of the molecule is CCO/N=C1/C=C(C#Cc2ccccn2)CCC1F. The highest BCUT2D eigenvalue weighted by molar-refractivity contribution is 6.00. The molecule has 19 heavy (non-hydrogen) atoms. The van der Waals surface area contributed by atoms with E-state index in [1.54, 1.807) is 12.3 Å². The van der Waals surface area contributed by atoms with Gasteiger partial charge in [0, 0.05) is 11.8 Å². The summed E-state index contributed by atoms with van der Waals surface area (Å²) < 4.78 is 13.6. The Bertz CT molecular complexity index is 540. The summed E-state index contributed by atoms with van der Waals surface area (Å²) in [6.07, 6.45) is 3.31. The maximum atomic E-state index is 13.6. The molecule has 1 heterocycles. The van der Waals surface area contributed by atoms with E-state index in [1.807, 2.05) is 25.1 Å². The van der Waals surface area contributed by atoms with Gasteiger partial charge in [0.15, 0.2) is 0 Å². The second kappa shape index (κ2) is 6.69. The Labute approximate surface area is 112 Å². The van der Waals surface area contributed by atoms with Gasteiger partial charge in [-0.3, -0.25) is 0 Å². The first-order valence-electron chi connectivity index (χ1n) is 6.27. The van der Waals surface area contributed by atoms with Crippen LogP contribution in [0.5, 0.6) is 0 Å². The number of hydrogen-bond acceptors (Lipinski definition) is 3. The van der Waals surface area contributed by atoms with Crippen LogP contribution in [0.1, 0.15) is 25.5 Å². The average molecular weight is 258 g/mol. The lowest BCUT2D eigenvalue weighted by molar-refractivity contribution is 0.156. The highest BCUT2D eigenvalue weighted by Crippen LogP contribution is 2.18. The fourth-order valence-electron chi connectivity index (χ4n) is 1.67. The van der Waals surface area contributed by atoms with Gasteiger partial charge >= 0.3 is 0 Å². The zero-order chi connectivity index (χ0) is 13.5. The molecule has 0 saturated heterocycles.